The Balaban J connectivity index is 0. The minimum absolute atomic E-state index is 0. The summed E-state index contributed by atoms with van der Waals surface area (Å²) in [5.74, 6) is -1.14. The van der Waals surface area contributed by atoms with Gasteiger partial charge in [-0.05, 0) is 6.42 Å². The van der Waals surface area contributed by atoms with Crippen LogP contribution in [0.15, 0.2) is 0 Å². The SMILES string of the molecule is O=C([O-])CCC[O-].[Mg+2]. The second kappa shape index (κ2) is 7.20. The molecule has 0 saturated carbocycles. The first-order chi connectivity index (χ1) is 3.27. The van der Waals surface area contributed by atoms with E-state index < -0.39 is 5.97 Å². The molecule has 0 heterocycles. The Morgan fingerprint density at radius 1 is 1.50 bits per heavy atom. The van der Waals surface area contributed by atoms with E-state index >= 15 is 0 Å². The van der Waals surface area contributed by atoms with Crippen LogP contribution in [-0.4, -0.2) is 35.6 Å². The van der Waals surface area contributed by atoms with Crippen molar-refractivity contribution in [1.82, 2.24) is 0 Å². The Bertz CT molecular complexity index is 64.3. The number of rotatable bonds is 3. The molecule has 0 saturated heterocycles. The molecular weight excluding hydrogens is 120 g/mol. The van der Waals surface area contributed by atoms with Crippen LogP contribution in [0.1, 0.15) is 12.8 Å². The number of carboxylic acids is 1. The van der Waals surface area contributed by atoms with Gasteiger partial charge in [-0.25, -0.2) is 0 Å². The predicted octanol–water partition coefficient (Wildman–Crippen LogP) is -2.50. The fourth-order valence-corrected chi connectivity index (χ4v) is 0.217. The van der Waals surface area contributed by atoms with E-state index in [0.29, 0.717) is 0 Å². The number of carbonyl (C=O) groups excluding carboxylic acids is 1. The van der Waals surface area contributed by atoms with Gasteiger partial charge in [-0.3, -0.25) is 0 Å². The van der Waals surface area contributed by atoms with Gasteiger partial charge in [0.05, 0.1) is 0 Å². The van der Waals surface area contributed by atoms with Crippen LogP contribution in [0.4, 0.5) is 0 Å². The van der Waals surface area contributed by atoms with Gasteiger partial charge in [-0.15, -0.1) is 6.61 Å². The Kier molecular flexibility index (Phi) is 9.94. The molecule has 0 atom stereocenters. The minimum atomic E-state index is -1.14. The van der Waals surface area contributed by atoms with Crippen molar-refractivity contribution in [2.75, 3.05) is 6.61 Å². The molecule has 0 unspecified atom stereocenters. The van der Waals surface area contributed by atoms with E-state index in [9.17, 15) is 15.0 Å². The molecule has 0 rings (SSSR count). The summed E-state index contributed by atoms with van der Waals surface area (Å²) in [6, 6.07) is 0. The van der Waals surface area contributed by atoms with Crippen molar-refractivity contribution in [3.63, 3.8) is 0 Å². The molecule has 0 aromatic carbocycles. The summed E-state index contributed by atoms with van der Waals surface area (Å²) < 4.78 is 0. The fraction of sp³-hybridized carbons (Fsp3) is 0.750. The van der Waals surface area contributed by atoms with Crippen molar-refractivity contribution in [3.05, 3.63) is 0 Å². The summed E-state index contributed by atoms with van der Waals surface area (Å²) in [7, 11) is 0. The van der Waals surface area contributed by atoms with Crippen LogP contribution in [0.25, 0.3) is 0 Å². The average Bonchev–Trinajstić information content (AvgIpc) is 1.61. The number of aliphatic carboxylic acids is 1. The van der Waals surface area contributed by atoms with Crippen molar-refractivity contribution in [2.24, 2.45) is 0 Å². The Hall–Kier alpha value is 0.196. The molecule has 0 amide bonds. The molecule has 0 aromatic rings. The molecule has 42 valence electrons. The summed E-state index contributed by atoms with van der Waals surface area (Å²) >= 11 is 0. The van der Waals surface area contributed by atoms with Crippen LogP contribution < -0.4 is 10.2 Å². The van der Waals surface area contributed by atoms with Crippen molar-refractivity contribution < 1.29 is 15.0 Å². The van der Waals surface area contributed by atoms with Crippen LogP contribution >= 0.6 is 0 Å². The smallest absolute Gasteiger partial charge is 0.854 e. The Morgan fingerprint density at radius 3 is 2.12 bits per heavy atom. The molecule has 0 aliphatic heterocycles. The van der Waals surface area contributed by atoms with Gasteiger partial charge in [0.2, 0.25) is 0 Å². The molecule has 8 heavy (non-hydrogen) atoms. The molecule has 0 aliphatic rings. The van der Waals surface area contributed by atoms with Crippen molar-refractivity contribution in [3.8, 4) is 0 Å². The van der Waals surface area contributed by atoms with Gasteiger partial charge < -0.3 is 15.0 Å². The normalized spacial score (nSPS) is 7.62. The summed E-state index contributed by atoms with van der Waals surface area (Å²) in [6.07, 6.45) is 0.0752. The van der Waals surface area contributed by atoms with Crippen LogP contribution in [-0.2, 0) is 4.79 Å². The second-order valence-electron chi connectivity index (χ2n) is 1.18. The third-order valence-corrected chi connectivity index (χ3v) is 0.525. The van der Waals surface area contributed by atoms with Crippen LogP contribution in [0, 0.1) is 0 Å². The third kappa shape index (κ3) is 9.50. The van der Waals surface area contributed by atoms with Crippen LogP contribution in [0.5, 0.6) is 0 Å². The number of carbonyl (C=O) groups is 1. The first-order valence-corrected chi connectivity index (χ1v) is 2.05. The zero-order valence-corrected chi connectivity index (χ0v) is 5.97. The van der Waals surface area contributed by atoms with Gasteiger partial charge in [-0.1, -0.05) is 6.42 Å². The van der Waals surface area contributed by atoms with Crippen molar-refractivity contribution >= 4 is 29.0 Å². The largest absolute Gasteiger partial charge is 2.00 e. The Morgan fingerprint density at radius 2 is 2.00 bits per heavy atom. The summed E-state index contributed by atoms with van der Waals surface area (Å²) in [4.78, 5) is 9.51. The molecule has 0 N–H and O–H groups in total. The van der Waals surface area contributed by atoms with Crippen LogP contribution in [0.3, 0.4) is 0 Å². The minimum Gasteiger partial charge on any atom is -0.854 e. The summed E-state index contributed by atoms with van der Waals surface area (Å²) in [6.45, 7) is -0.325. The molecule has 0 spiro atoms. The van der Waals surface area contributed by atoms with E-state index in [4.69, 9.17) is 0 Å². The average molecular weight is 126 g/mol. The molecule has 0 radical (unpaired) electrons. The maximum atomic E-state index is 9.54. The van der Waals surface area contributed by atoms with E-state index in [2.05, 4.69) is 0 Å². The van der Waals surface area contributed by atoms with Gasteiger partial charge >= 0.3 is 23.1 Å². The zero-order valence-electron chi connectivity index (χ0n) is 4.55. The van der Waals surface area contributed by atoms with E-state index in [1.54, 1.807) is 0 Å². The first-order valence-electron chi connectivity index (χ1n) is 2.05. The van der Waals surface area contributed by atoms with Crippen molar-refractivity contribution in [1.29, 1.82) is 0 Å². The maximum Gasteiger partial charge on any atom is 2.00 e. The number of carboxylic acid groups (broad SMARTS) is 1. The van der Waals surface area contributed by atoms with Crippen LogP contribution in [0.2, 0.25) is 0 Å². The molecule has 3 nitrogen and oxygen atoms in total. The monoisotopic (exact) mass is 126 g/mol. The number of hydrogen-bond donors (Lipinski definition) is 0. The van der Waals surface area contributed by atoms with E-state index in [-0.39, 0.29) is 42.5 Å². The van der Waals surface area contributed by atoms with Gasteiger partial charge in [-0.2, -0.15) is 0 Å². The molecular formula is C4H6MgO3. The van der Waals surface area contributed by atoms with Crippen molar-refractivity contribution in [2.45, 2.75) is 12.8 Å². The van der Waals surface area contributed by atoms with Gasteiger partial charge in [0.1, 0.15) is 0 Å². The maximum absolute atomic E-state index is 9.54. The summed E-state index contributed by atoms with van der Waals surface area (Å²) in [5.41, 5.74) is 0. The molecule has 0 aliphatic carbocycles. The number of hydrogen-bond acceptors (Lipinski definition) is 3. The first kappa shape index (κ1) is 11.1. The van der Waals surface area contributed by atoms with Gasteiger partial charge in [0, 0.05) is 5.97 Å². The quantitative estimate of drug-likeness (QED) is 0.393. The molecule has 0 bridgehead atoms. The molecule has 0 fully saturated rings. The third-order valence-electron chi connectivity index (χ3n) is 0.525. The molecule has 0 aromatic heterocycles. The summed E-state index contributed by atoms with van der Waals surface area (Å²) in [5, 5.41) is 19.1. The molecule has 4 heteroatoms. The van der Waals surface area contributed by atoms with Gasteiger partial charge in [0.25, 0.3) is 0 Å². The van der Waals surface area contributed by atoms with Gasteiger partial charge in [0.15, 0.2) is 0 Å². The topological polar surface area (TPSA) is 63.2 Å². The fourth-order valence-electron chi connectivity index (χ4n) is 0.217. The van der Waals surface area contributed by atoms with E-state index in [0.717, 1.165) is 0 Å². The predicted molar refractivity (Wildman–Crippen MR) is 24.9 cm³/mol. The standard InChI is InChI=1S/C4H7O3.Mg/c5-3-1-2-4(6)7;/h1-3H2,(H,6,7);/q-1;+2/p-1. The second-order valence-corrected chi connectivity index (χ2v) is 1.18. The Labute approximate surface area is 63.9 Å². The van der Waals surface area contributed by atoms with E-state index in [1.807, 2.05) is 0 Å². The zero-order chi connectivity index (χ0) is 5.70. The van der Waals surface area contributed by atoms with E-state index in [1.165, 1.54) is 0 Å².